The third-order valence-electron chi connectivity index (χ3n) is 3.83. The van der Waals surface area contributed by atoms with Crippen LogP contribution in [0, 0.1) is 0 Å². The lowest BCUT2D eigenvalue weighted by Gasteiger charge is -2.26. The van der Waals surface area contributed by atoms with Crippen molar-refractivity contribution >= 4 is 23.2 Å². The SMILES string of the molecule is [2H]C([2H])([2H])C[P+](c1ccccc1)(c1ccccc1)c1ccccc1. The Morgan fingerprint density at radius 2 is 0.952 bits per heavy atom. The van der Waals surface area contributed by atoms with Gasteiger partial charge in [0.15, 0.2) is 0 Å². The molecule has 3 aromatic carbocycles. The van der Waals surface area contributed by atoms with Gasteiger partial charge < -0.3 is 0 Å². The van der Waals surface area contributed by atoms with E-state index in [1.165, 1.54) is 0 Å². The van der Waals surface area contributed by atoms with E-state index in [0.717, 1.165) is 15.9 Å². The smallest absolute Gasteiger partial charge is 0.0620 e. The lowest BCUT2D eigenvalue weighted by molar-refractivity contribution is 1.48. The van der Waals surface area contributed by atoms with E-state index < -0.39 is 14.1 Å². The molecule has 0 aliphatic carbocycles. The molecule has 0 nitrogen and oxygen atoms in total. The van der Waals surface area contributed by atoms with Gasteiger partial charge in [-0.15, -0.1) is 0 Å². The van der Waals surface area contributed by atoms with Gasteiger partial charge in [-0.1, -0.05) is 54.6 Å². The van der Waals surface area contributed by atoms with E-state index in [1.807, 2.05) is 54.6 Å². The van der Waals surface area contributed by atoms with Gasteiger partial charge in [0.1, 0.15) is 23.2 Å². The van der Waals surface area contributed by atoms with Crippen LogP contribution in [0.3, 0.4) is 0 Å². The normalized spacial score (nSPS) is 14.0. The van der Waals surface area contributed by atoms with E-state index in [4.69, 9.17) is 4.11 Å². The van der Waals surface area contributed by atoms with Crippen molar-refractivity contribution in [3.8, 4) is 0 Å². The third-order valence-corrected chi connectivity index (χ3v) is 7.84. The zero-order valence-electron chi connectivity index (χ0n) is 14.8. The predicted octanol–water partition coefficient (Wildman–Crippen LogP) is 4.00. The van der Waals surface area contributed by atoms with Gasteiger partial charge in [-0.25, -0.2) is 0 Å². The number of hydrogen-bond donors (Lipinski definition) is 0. The maximum absolute atomic E-state index is 8.00. The molecular formula is C20H20P+. The second kappa shape index (κ2) is 6.24. The summed E-state index contributed by atoms with van der Waals surface area (Å²) in [7, 11) is -2.24. The van der Waals surface area contributed by atoms with Gasteiger partial charge in [0.05, 0.1) is 6.16 Å². The average Bonchev–Trinajstić information content (AvgIpc) is 2.61. The summed E-state index contributed by atoms with van der Waals surface area (Å²) in [5, 5.41) is 3.33. The van der Waals surface area contributed by atoms with E-state index in [-0.39, 0.29) is 6.16 Å². The number of hydrogen-bond acceptors (Lipinski definition) is 0. The topological polar surface area (TPSA) is 0 Å². The summed E-state index contributed by atoms with van der Waals surface area (Å²) in [5.74, 6) is 0. The molecule has 0 unspecified atom stereocenters. The summed E-state index contributed by atoms with van der Waals surface area (Å²) in [5.41, 5.74) is 0. The first-order valence-electron chi connectivity index (χ1n) is 8.57. The monoisotopic (exact) mass is 294 g/mol. The zero-order chi connectivity index (χ0) is 17.0. The molecule has 0 aromatic heterocycles. The molecule has 1 heteroatoms. The van der Waals surface area contributed by atoms with Crippen molar-refractivity contribution in [3.63, 3.8) is 0 Å². The molecule has 0 atom stereocenters. The van der Waals surface area contributed by atoms with E-state index in [9.17, 15) is 0 Å². The zero-order valence-corrected chi connectivity index (χ0v) is 12.7. The average molecular weight is 294 g/mol. The van der Waals surface area contributed by atoms with Crippen LogP contribution in [0.15, 0.2) is 91.0 Å². The molecule has 0 heterocycles. The van der Waals surface area contributed by atoms with E-state index in [2.05, 4.69) is 36.4 Å². The molecule has 0 saturated carbocycles. The number of benzene rings is 3. The number of rotatable bonds is 4. The minimum atomic E-state index is -2.24. The molecule has 0 radical (unpaired) electrons. The van der Waals surface area contributed by atoms with Crippen molar-refractivity contribution in [1.29, 1.82) is 0 Å². The molecular weight excluding hydrogens is 271 g/mol. The van der Waals surface area contributed by atoms with Crippen molar-refractivity contribution in [3.05, 3.63) is 91.0 Å². The molecule has 0 fully saturated rings. The van der Waals surface area contributed by atoms with Crippen molar-refractivity contribution in [2.24, 2.45) is 0 Å². The molecule has 0 saturated heterocycles. The Kier molecular flexibility index (Phi) is 3.20. The summed E-state index contributed by atoms with van der Waals surface area (Å²) in [6.07, 6.45) is 0.165. The highest BCUT2D eigenvalue weighted by molar-refractivity contribution is 7.95. The summed E-state index contributed by atoms with van der Waals surface area (Å²) in [6, 6.07) is 30.3. The van der Waals surface area contributed by atoms with Crippen LogP contribution in [0.5, 0.6) is 0 Å². The van der Waals surface area contributed by atoms with Gasteiger partial charge in [-0.05, 0) is 43.3 Å². The van der Waals surface area contributed by atoms with E-state index in [0.29, 0.717) is 0 Å². The van der Waals surface area contributed by atoms with Gasteiger partial charge in [0, 0.05) is 4.11 Å². The molecule has 0 bridgehead atoms. The van der Waals surface area contributed by atoms with Crippen molar-refractivity contribution in [2.75, 3.05) is 6.16 Å². The standard InChI is InChI=1S/C20H20P/c1-2-21(18-12-6-3-7-13-18,19-14-8-4-9-15-19)20-16-10-5-11-17-20/h3-17H,2H2,1H3/q+1/i1D3. The Morgan fingerprint density at radius 1 is 0.619 bits per heavy atom. The van der Waals surface area contributed by atoms with Crippen LogP contribution in [-0.4, -0.2) is 6.16 Å². The van der Waals surface area contributed by atoms with Crippen LogP contribution in [0.2, 0.25) is 0 Å². The second-order valence-electron chi connectivity index (χ2n) is 4.97. The van der Waals surface area contributed by atoms with E-state index in [1.54, 1.807) is 0 Å². The minimum Gasteiger partial charge on any atom is -0.0620 e. The second-order valence-corrected chi connectivity index (χ2v) is 8.46. The minimum absolute atomic E-state index is 0.165. The molecule has 0 amide bonds. The fraction of sp³-hybridized carbons (Fsp3) is 0.100. The first-order valence-corrected chi connectivity index (χ1v) is 9.05. The Morgan fingerprint density at radius 3 is 1.24 bits per heavy atom. The first-order chi connectivity index (χ1) is 11.5. The summed E-state index contributed by atoms with van der Waals surface area (Å²) in [4.78, 5) is 0. The Labute approximate surface area is 132 Å². The maximum Gasteiger partial charge on any atom is 0.111 e. The summed E-state index contributed by atoms with van der Waals surface area (Å²) < 4.78 is 24.0. The third kappa shape index (κ3) is 2.52. The fourth-order valence-corrected chi connectivity index (χ4v) is 6.25. The lowest BCUT2D eigenvalue weighted by atomic mass is 10.4. The van der Waals surface area contributed by atoms with Gasteiger partial charge >= 0.3 is 0 Å². The van der Waals surface area contributed by atoms with Crippen LogP contribution in [0.4, 0.5) is 0 Å². The molecule has 3 aromatic rings. The molecule has 3 rings (SSSR count). The Bertz CT molecular complexity index is 672. The quantitative estimate of drug-likeness (QED) is 0.638. The van der Waals surface area contributed by atoms with Gasteiger partial charge in [-0.2, -0.15) is 0 Å². The largest absolute Gasteiger partial charge is 0.111 e. The van der Waals surface area contributed by atoms with Crippen molar-refractivity contribution in [2.45, 2.75) is 6.85 Å². The van der Waals surface area contributed by atoms with Crippen molar-refractivity contribution in [1.82, 2.24) is 0 Å². The van der Waals surface area contributed by atoms with Crippen LogP contribution in [0.1, 0.15) is 11.0 Å². The molecule has 0 aliphatic rings. The fourth-order valence-electron chi connectivity index (χ4n) is 2.77. The predicted molar refractivity (Wildman–Crippen MR) is 95.7 cm³/mol. The van der Waals surface area contributed by atoms with Crippen LogP contribution in [0.25, 0.3) is 0 Å². The Hall–Kier alpha value is -1.91. The highest BCUT2D eigenvalue weighted by Gasteiger charge is 2.43. The first kappa shape index (κ1) is 10.8. The molecule has 0 spiro atoms. The highest BCUT2D eigenvalue weighted by Crippen LogP contribution is 2.54. The van der Waals surface area contributed by atoms with Crippen LogP contribution in [-0.2, 0) is 0 Å². The van der Waals surface area contributed by atoms with Crippen LogP contribution < -0.4 is 15.9 Å². The highest BCUT2D eigenvalue weighted by atomic mass is 31.2. The molecule has 104 valence electrons. The van der Waals surface area contributed by atoms with Gasteiger partial charge in [0.25, 0.3) is 0 Å². The molecule has 0 aliphatic heterocycles. The molecule has 0 N–H and O–H groups in total. The van der Waals surface area contributed by atoms with Crippen molar-refractivity contribution < 1.29 is 4.11 Å². The summed E-state index contributed by atoms with van der Waals surface area (Å²) >= 11 is 0. The Balaban J connectivity index is 2.33. The summed E-state index contributed by atoms with van der Waals surface area (Å²) in [6.45, 7) is -2.00. The molecule has 21 heavy (non-hydrogen) atoms. The van der Waals surface area contributed by atoms with Gasteiger partial charge in [-0.3, -0.25) is 0 Å². The lowest BCUT2D eigenvalue weighted by Crippen LogP contribution is -2.32. The van der Waals surface area contributed by atoms with E-state index >= 15 is 0 Å². The van der Waals surface area contributed by atoms with Gasteiger partial charge in [0.2, 0.25) is 0 Å². The van der Waals surface area contributed by atoms with Crippen LogP contribution >= 0.6 is 7.26 Å². The maximum atomic E-state index is 8.00.